The Balaban J connectivity index is 1.55. The van der Waals surface area contributed by atoms with Gasteiger partial charge in [0.1, 0.15) is 4.88 Å². The molecule has 3 aromatic carbocycles. The van der Waals surface area contributed by atoms with Crippen LogP contribution in [0.15, 0.2) is 60.7 Å². The lowest BCUT2D eigenvalue weighted by Crippen LogP contribution is -2.12. The third kappa shape index (κ3) is 4.04. The molecule has 0 aliphatic heterocycles. The van der Waals surface area contributed by atoms with Gasteiger partial charge < -0.3 is 10.1 Å². The van der Waals surface area contributed by atoms with Crippen molar-refractivity contribution in [1.82, 2.24) is 0 Å². The SMILES string of the molecule is CC(C)COC(=O)c1ccc(NC(=O)c2sc3ccc4ccccc4c3c2Cl)cc1. The van der Waals surface area contributed by atoms with Gasteiger partial charge in [-0.15, -0.1) is 11.3 Å². The second-order valence-corrected chi connectivity index (χ2v) is 8.86. The number of anilines is 1. The summed E-state index contributed by atoms with van der Waals surface area (Å²) < 4.78 is 6.19. The van der Waals surface area contributed by atoms with Crippen molar-refractivity contribution in [2.45, 2.75) is 13.8 Å². The Morgan fingerprint density at radius 3 is 2.50 bits per heavy atom. The van der Waals surface area contributed by atoms with Gasteiger partial charge >= 0.3 is 5.97 Å². The lowest BCUT2D eigenvalue weighted by molar-refractivity contribution is 0.0459. The molecule has 1 amide bonds. The van der Waals surface area contributed by atoms with Crippen molar-refractivity contribution in [3.05, 3.63) is 76.1 Å². The Bertz CT molecular complexity index is 1240. The summed E-state index contributed by atoms with van der Waals surface area (Å²) in [7, 11) is 0. The highest BCUT2D eigenvalue weighted by Crippen LogP contribution is 2.40. The molecule has 1 N–H and O–H groups in total. The first-order valence-electron chi connectivity index (χ1n) is 9.62. The number of thiophene rings is 1. The van der Waals surface area contributed by atoms with Crippen LogP contribution in [-0.2, 0) is 4.74 Å². The molecule has 0 saturated carbocycles. The quantitative estimate of drug-likeness (QED) is 0.350. The van der Waals surface area contributed by atoms with Crippen LogP contribution in [0.3, 0.4) is 0 Å². The maximum Gasteiger partial charge on any atom is 0.338 e. The highest BCUT2D eigenvalue weighted by Gasteiger charge is 2.19. The average molecular weight is 438 g/mol. The van der Waals surface area contributed by atoms with Gasteiger partial charge in [-0.3, -0.25) is 4.79 Å². The Labute approximate surface area is 183 Å². The van der Waals surface area contributed by atoms with Gasteiger partial charge in [0.2, 0.25) is 0 Å². The van der Waals surface area contributed by atoms with Crippen LogP contribution in [0.4, 0.5) is 5.69 Å². The van der Waals surface area contributed by atoms with E-state index in [9.17, 15) is 9.59 Å². The minimum absolute atomic E-state index is 0.274. The van der Waals surface area contributed by atoms with Crippen LogP contribution in [0, 0.1) is 5.92 Å². The molecule has 4 aromatic rings. The molecule has 0 atom stereocenters. The van der Waals surface area contributed by atoms with Gasteiger partial charge in [-0.2, -0.15) is 0 Å². The molecule has 1 heterocycles. The van der Waals surface area contributed by atoms with E-state index in [1.807, 2.05) is 50.2 Å². The first-order chi connectivity index (χ1) is 14.4. The van der Waals surface area contributed by atoms with Gasteiger partial charge in [-0.25, -0.2) is 4.79 Å². The predicted octanol–water partition coefficient (Wildman–Crippen LogP) is 6.77. The molecule has 0 spiro atoms. The second kappa shape index (κ2) is 8.46. The topological polar surface area (TPSA) is 55.4 Å². The van der Waals surface area contributed by atoms with Gasteiger partial charge in [0.25, 0.3) is 5.91 Å². The van der Waals surface area contributed by atoms with E-state index in [0.717, 1.165) is 20.9 Å². The number of amides is 1. The molecule has 152 valence electrons. The summed E-state index contributed by atoms with van der Waals surface area (Å²) >= 11 is 7.98. The van der Waals surface area contributed by atoms with E-state index in [2.05, 4.69) is 5.32 Å². The van der Waals surface area contributed by atoms with Crippen molar-refractivity contribution < 1.29 is 14.3 Å². The van der Waals surface area contributed by atoms with Gasteiger partial charge in [0, 0.05) is 15.8 Å². The average Bonchev–Trinajstić information content (AvgIpc) is 3.09. The van der Waals surface area contributed by atoms with Gasteiger partial charge in [0.15, 0.2) is 0 Å². The molecular weight excluding hydrogens is 418 g/mol. The molecule has 4 rings (SSSR count). The lowest BCUT2D eigenvalue weighted by Gasteiger charge is -2.08. The number of hydrogen-bond donors (Lipinski definition) is 1. The predicted molar refractivity (Wildman–Crippen MR) is 124 cm³/mol. The molecule has 0 fully saturated rings. The van der Waals surface area contributed by atoms with Crippen LogP contribution in [0.5, 0.6) is 0 Å². The summed E-state index contributed by atoms with van der Waals surface area (Å²) in [6.45, 7) is 4.33. The minimum Gasteiger partial charge on any atom is -0.462 e. The van der Waals surface area contributed by atoms with Gasteiger partial charge in [-0.05, 0) is 47.0 Å². The molecule has 0 bridgehead atoms. The monoisotopic (exact) mass is 437 g/mol. The molecule has 6 heteroatoms. The van der Waals surface area contributed by atoms with Crippen LogP contribution >= 0.6 is 22.9 Å². The van der Waals surface area contributed by atoms with Crippen molar-refractivity contribution in [3.8, 4) is 0 Å². The van der Waals surface area contributed by atoms with E-state index in [4.69, 9.17) is 16.3 Å². The molecule has 1 aromatic heterocycles. The van der Waals surface area contributed by atoms with Crippen molar-refractivity contribution in [3.63, 3.8) is 0 Å². The van der Waals surface area contributed by atoms with E-state index in [1.54, 1.807) is 24.3 Å². The highest BCUT2D eigenvalue weighted by atomic mass is 35.5. The molecule has 0 aliphatic rings. The zero-order chi connectivity index (χ0) is 21.3. The third-order valence-corrected chi connectivity index (χ3v) is 6.30. The second-order valence-electron chi connectivity index (χ2n) is 7.43. The zero-order valence-electron chi connectivity index (χ0n) is 16.6. The van der Waals surface area contributed by atoms with E-state index >= 15 is 0 Å². The molecule has 4 nitrogen and oxygen atoms in total. The summed E-state index contributed by atoms with van der Waals surface area (Å²) in [4.78, 5) is 25.4. The maximum absolute atomic E-state index is 12.9. The molecule has 0 saturated heterocycles. The van der Waals surface area contributed by atoms with Crippen molar-refractivity contribution in [1.29, 1.82) is 0 Å². The molecule has 30 heavy (non-hydrogen) atoms. The van der Waals surface area contributed by atoms with Crippen LogP contribution in [0.1, 0.15) is 33.9 Å². The van der Waals surface area contributed by atoms with E-state index < -0.39 is 0 Å². The number of carbonyl (C=O) groups excluding carboxylic acids is 2. The highest BCUT2D eigenvalue weighted by molar-refractivity contribution is 7.22. The smallest absolute Gasteiger partial charge is 0.338 e. The molecule has 0 unspecified atom stereocenters. The van der Waals surface area contributed by atoms with Gasteiger partial charge in [-0.1, -0.05) is 55.8 Å². The van der Waals surface area contributed by atoms with Crippen LogP contribution < -0.4 is 5.32 Å². The molecule has 0 aliphatic carbocycles. The van der Waals surface area contributed by atoms with Crippen molar-refractivity contribution >= 4 is 61.4 Å². The first kappa shape index (κ1) is 20.4. The fraction of sp³-hybridized carbons (Fsp3) is 0.167. The summed E-state index contributed by atoms with van der Waals surface area (Å²) in [5.41, 5.74) is 1.03. The standard InChI is InChI=1S/C24H20ClNO3S/c1-14(2)13-29-24(28)16-7-10-17(11-8-16)26-23(27)22-21(25)20-18-6-4-3-5-15(18)9-12-19(20)30-22/h3-12,14H,13H2,1-2H3,(H,26,27). The van der Waals surface area contributed by atoms with Gasteiger partial charge in [0.05, 0.1) is 17.2 Å². The summed E-state index contributed by atoms with van der Waals surface area (Å²) in [6.07, 6.45) is 0. The van der Waals surface area contributed by atoms with Crippen LogP contribution in [0.25, 0.3) is 20.9 Å². The van der Waals surface area contributed by atoms with E-state index in [0.29, 0.717) is 27.8 Å². The normalized spacial score (nSPS) is 11.2. The zero-order valence-corrected chi connectivity index (χ0v) is 18.1. The van der Waals surface area contributed by atoms with Crippen molar-refractivity contribution in [2.75, 3.05) is 11.9 Å². The summed E-state index contributed by atoms with van der Waals surface area (Å²) in [5.74, 6) is -0.378. The lowest BCUT2D eigenvalue weighted by atomic mass is 10.1. The molecular formula is C24H20ClNO3S. The number of carbonyl (C=O) groups is 2. The number of benzene rings is 3. The van der Waals surface area contributed by atoms with Crippen molar-refractivity contribution in [2.24, 2.45) is 5.92 Å². The Morgan fingerprint density at radius 1 is 1.03 bits per heavy atom. The minimum atomic E-state index is -0.374. The Hall–Kier alpha value is -2.89. The summed E-state index contributed by atoms with van der Waals surface area (Å²) in [5, 5.41) is 6.32. The molecule has 0 radical (unpaired) electrons. The van der Waals surface area contributed by atoms with E-state index in [1.165, 1.54) is 11.3 Å². The number of rotatable bonds is 5. The van der Waals surface area contributed by atoms with Crippen LogP contribution in [0.2, 0.25) is 5.02 Å². The van der Waals surface area contributed by atoms with E-state index in [-0.39, 0.29) is 17.8 Å². The summed E-state index contributed by atoms with van der Waals surface area (Å²) in [6, 6.07) is 18.6. The fourth-order valence-corrected chi connectivity index (χ4v) is 4.65. The largest absolute Gasteiger partial charge is 0.462 e. The Morgan fingerprint density at radius 2 is 1.77 bits per heavy atom. The third-order valence-electron chi connectivity index (χ3n) is 4.65. The Kier molecular flexibility index (Phi) is 5.75. The number of esters is 1. The number of hydrogen-bond acceptors (Lipinski definition) is 4. The first-order valence-corrected chi connectivity index (χ1v) is 10.8. The number of fused-ring (bicyclic) bond motifs is 3. The number of ether oxygens (including phenoxy) is 1. The van der Waals surface area contributed by atoms with Crippen LogP contribution in [-0.4, -0.2) is 18.5 Å². The number of nitrogens with one attached hydrogen (secondary N) is 1. The number of halogens is 1. The maximum atomic E-state index is 12.9. The fourth-order valence-electron chi connectivity index (χ4n) is 3.18.